The van der Waals surface area contributed by atoms with Crippen LogP contribution in [0.1, 0.15) is 20.3 Å². The normalized spacial score (nSPS) is 16.7. The monoisotopic (exact) mass is 490 g/mol. The topological polar surface area (TPSA) is 99.7 Å². The molecular formula is C22H23FN4O4S2. The standard InChI is InChI=1S/C22H23FN4O4S2/c1-3-26(4-2)33(30,31)17-8-6-16(7-9-17)27-13-14(11-20(27)28)21(29)25-22-24-18-10-5-15(23)12-19(18)32-22/h5-10,12,14H,3-4,11,13H2,1-2H3,(H,24,25,29)/t14-/m1/s1. The third-order valence-electron chi connectivity index (χ3n) is 5.57. The lowest BCUT2D eigenvalue weighted by atomic mass is 10.1. The second-order valence-electron chi connectivity index (χ2n) is 7.61. The first-order chi connectivity index (χ1) is 15.7. The van der Waals surface area contributed by atoms with E-state index in [1.165, 1.54) is 33.5 Å². The van der Waals surface area contributed by atoms with Crippen LogP contribution in [0.5, 0.6) is 0 Å². The summed E-state index contributed by atoms with van der Waals surface area (Å²) in [5.74, 6) is -1.52. The Labute approximate surface area is 195 Å². The summed E-state index contributed by atoms with van der Waals surface area (Å²) in [4.78, 5) is 31.2. The van der Waals surface area contributed by atoms with Crippen molar-refractivity contribution in [2.45, 2.75) is 25.2 Å². The summed E-state index contributed by atoms with van der Waals surface area (Å²) < 4.78 is 40.7. The predicted molar refractivity (Wildman–Crippen MR) is 125 cm³/mol. The molecule has 1 aromatic heterocycles. The fourth-order valence-electron chi connectivity index (χ4n) is 3.80. The van der Waals surface area contributed by atoms with Crippen LogP contribution in [-0.2, 0) is 19.6 Å². The van der Waals surface area contributed by atoms with E-state index >= 15 is 0 Å². The molecule has 4 rings (SSSR count). The number of thiazole rings is 1. The molecule has 3 aromatic rings. The van der Waals surface area contributed by atoms with Gasteiger partial charge >= 0.3 is 0 Å². The molecule has 1 fully saturated rings. The van der Waals surface area contributed by atoms with Crippen LogP contribution in [0.15, 0.2) is 47.4 Å². The largest absolute Gasteiger partial charge is 0.312 e. The highest BCUT2D eigenvalue weighted by atomic mass is 32.2. The molecule has 0 spiro atoms. The summed E-state index contributed by atoms with van der Waals surface area (Å²) in [6.07, 6.45) is 0.0326. The number of benzene rings is 2. The Bertz CT molecular complexity index is 1300. The number of rotatable bonds is 7. The second-order valence-corrected chi connectivity index (χ2v) is 10.6. The number of fused-ring (bicyclic) bond motifs is 1. The molecule has 0 saturated carbocycles. The van der Waals surface area contributed by atoms with Gasteiger partial charge in [0.1, 0.15) is 5.82 Å². The quantitative estimate of drug-likeness (QED) is 0.547. The third-order valence-corrected chi connectivity index (χ3v) is 8.57. The van der Waals surface area contributed by atoms with Gasteiger partial charge in [-0.1, -0.05) is 25.2 Å². The number of hydrogen-bond acceptors (Lipinski definition) is 6. The van der Waals surface area contributed by atoms with Crippen LogP contribution >= 0.6 is 11.3 Å². The van der Waals surface area contributed by atoms with Gasteiger partial charge in [0.15, 0.2) is 5.13 Å². The first-order valence-corrected chi connectivity index (χ1v) is 12.8. The number of anilines is 2. The lowest BCUT2D eigenvalue weighted by Gasteiger charge is -2.20. The van der Waals surface area contributed by atoms with Crippen LogP contribution in [0.4, 0.5) is 15.2 Å². The molecule has 1 saturated heterocycles. The van der Waals surface area contributed by atoms with Crippen LogP contribution < -0.4 is 10.2 Å². The van der Waals surface area contributed by atoms with Crippen molar-refractivity contribution in [3.63, 3.8) is 0 Å². The maximum absolute atomic E-state index is 13.4. The van der Waals surface area contributed by atoms with E-state index in [1.54, 1.807) is 32.0 Å². The van der Waals surface area contributed by atoms with Gasteiger partial charge < -0.3 is 10.2 Å². The molecule has 0 radical (unpaired) electrons. The molecule has 1 aliphatic heterocycles. The average Bonchev–Trinajstić information content (AvgIpc) is 3.37. The molecule has 11 heteroatoms. The van der Waals surface area contributed by atoms with Crippen molar-refractivity contribution in [3.8, 4) is 0 Å². The van der Waals surface area contributed by atoms with Crippen molar-refractivity contribution in [2.24, 2.45) is 5.92 Å². The second kappa shape index (κ2) is 9.16. The Hall–Kier alpha value is -2.89. The number of nitrogens with zero attached hydrogens (tertiary/aromatic N) is 3. The lowest BCUT2D eigenvalue weighted by Crippen LogP contribution is -2.31. The Morgan fingerprint density at radius 1 is 1.21 bits per heavy atom. The van der Waals surface area contributed by atoms with Gasteiger partial charge in [-0.25, -0.2) is 17.8 Å². The highest BCUT2D eigenvalue weighted by molar-refractivity contribution is 7.89. The van der Waals surface area contributed by atoms with Crippen molar-refractivity contribution in [2.75, 3.05) is 29.9 Å². The summed E-state index contributed by atoms with van der Waals surface area (Å²) in [5.41, 5.74) is 1.12. The Balaban J connectivity index is 1.45. The molecular weight excluding hydrogens is 467 g/mol. The summed E-state index contributed by atoms with van der Waals surface area (Å²) in [6, 6.07) is 10.3. The van der Waals surface area contributed by atoms with Crippen LogP contribution in [0, 0.1) is 11.7 Å². The van der Waals surface area contributed by atoms with E-state index in [9.17, 15) is 22.4 Å². The number of carbonyl (C=O) groups is 2. The zero-order chi connectivity index (χ0) is 23.8. The zero-order valence-electron chi connectivity index (χ0n) is 18.1. The molecule has 2 aromatic carbocycles. The van der Waals surface area contributed by atoms with E-state index in [0.29, 0.717) is 34.1 Å². The van der Waals surface area contributed by atoms with E-state index < -0.39 is 15.9 Å². The SMILES string of the molecule is CCN(CC)S(=O)(=O)c1ccc(N2C[C@H](C(=O)Nc3nc4ccc(F)cc4s3)CC2=O)cc1. The van der Waals surface area contributed by atoms with E-state index in [2.05, 4.69) is 10.3 Å². The predicted octanol–water partition coefficient (Wildman–Crippen LogP) is 3.46. The lowest BCUT2D eigenvalue weighted by molar-refractivity contribution is -0.122. The number of carbonyl (C=O) groups excluding carboxylic acids is 2. The van der Waals surface area contributed by atoms with Gasteiger partial charge in [-0.05, 0) is 42.5 Å². The van der Waals surface area contributed by atoms with E-state index in [4.69, 9.17) is 0 Å². The van der Waals surface area contributed by atoms with Gasteiger partial charge in [-0.2, -0.15) is 4.31 Å². The molecule has 174 valence electrons. The van der Waals surface area contributed by atoms with Crippen LogP contribution in [-0.4, -0.2) is 49.2 Å². The number of amides is 2. The van der Waals surface area contributed by atoms with E-state index in [-0.39, 0.29) is 35.5 Å². The molecule has 0 bridgehead atoms. The number of halogens is 1. The van der Waals surface area contributed by atoms with Gasteiger partial charge in [0.2, 0.25) is 21.8 Å². The zero-order valence-corrected chi connectivity index (χ0v) is 19.7. The van der Waals surface area contributed by atoms with Crippen molar-refractivity contribution in [1.82, 2.24) is 9.29 Å². The molecule has 8 nitrogen and oxygen atoms in total. The van der Waals surface area contributed by atoms with Crippen LogP contribution in [0.3, 0.4) is 0 Å². The average molecular weight is 491 g/mol. The van der Waals surface area contributed by atoms with E-state index in [1.807, 2.05) is 0 Å². The van der Waals surface area contributed by atoms with E-state index in [0.717, 1.165) is 11.3 Å². The van der Waals surface area contributed by atoms with Crippen molar-refractivity contribution >= 4 is 54.2 Å². The molecule has 2 heterocycles. The van der Waals surface area contributed by atoms with Gasteiger partial charge in [-0.15, -0.1) is 0 Å². The fourth-order valence-corrected chi connectivity index (χ4v) is 6.15. The van der Waals surface area contributed by atoms with Crippen molar-refractivity contribution in [3.05, 3.63) is 48.3 Å². The Morgan fingerprint density at radius 3 is 2.58 bits per heavy atom. The molecule has 1 atom stereocenters. The van der Waals surface area contributed by atoms with Gasteiger partial charge in [0, 0.05) is 31.7 Å². The molecule has 0 aliphatic carbocycles. The molecule has 2 amide bonds. The highest BCUT2D eigenvalue weighted by Crippen LogP contribution is 2.30. The molecule has 33 heavy (non-hydrogen) atoms. The maximum Gasteiger partial charge on any atom is 0.243 e. The number of aromatic nitrogens is 1. The van der Waals surface area contributed by atoms with Crippen molar-refractivity contribution < 1.29 is 22.4 Å². The Morgan fingerprint density at radius 2 is 1.91 bits per heavy atom. The molecule has 1 N–H and O–H groups in total. The van der Waals surface area contributed by atoms with Gasteiger partial charge in [-0.3, -0.25) is 9.59 Å². The van der Waals surface area contributed by atoms with Gasteiger partial charge in [0.25, 0.3) is 0 Å². The minimum absolute atomic E-state index is 0.0326. The Kier molecular flexibility index (Phi) is 6.46. The smallest absolute Gasteiger partial charge is 0.243 e. The minimum atomic E-state index is -3.59. The third kappa shape index (κ3) is 4.61. The minimum Gasteiger partial charge on any atom is -0.312 e. The molecule has 1 aliphatic rings. The number of nitrogens with one attached hydrogen (secondary N) is 1. The first kappa shape index (κ1) is 23.3. The first-order valence-electron chi connectivity index (χ1n) is 10.5. The molecule has 0 unspecified atom stereocenters. The summed E-state index contributed by atoms with van der Waals surface area (Å²) in [5, 5.41) is 3.07. The maximum atomic E-state index is 13.4. The summed E-state index contributed by atoms with van der Waals surface area (Å²) >= 11 is 1.16. The fraction of sp³-hybridized carbons (Fsp3) is 0.318. The van der Waals surface area contributed by atoms with Crippen molar-refractivity contribution in [1.29, 1.82) is 0 Å². The number of hydrogen-bond donors (Lipinski definition) is 1. The van der Waals surface area contributed by atoms with Crippen LogP contribution in [0.25, 0.3) is 10.2 Å². The highest BCUT2D eigenvalue weighted by Gasteiger charge is 2.35. The number of sulfonamides is 1. The summed E-state index contributed by atoms with van der Waals surface area (Å²) in [6.45, 7) is 4.45. The summed E-state index contributed by atoms with van der Waals surface area (Å²) in [7, 11) is -3.59. The van der Waals surface area contributed by atoms with Crippen LogP contribution in [0.2, 0.25) is 0 Å². The van der Waals surface area contributed by atoms with Gasteiger partial charge in [0.05, 0.1) is 21.0 Å².